The van der Waals surface area contributed by atoms with Crippen LogP contribution in [0.5, 0.6) is 0 Å². The van der Waals surface area contributed by atoms with Gasteiger partial charge in [0.25, 0.3) is 0 Å². The fourth-order valence-corrected chi connectivity index (χ4v) is 3.81. The maximum absolute atomic E-state index is 12.9. The third kappa shape index (κ3) is 5.74. The summed E-state index contributed by atoms with van der Waals surface area (Å²) in [5, 5.41) is 7.07. The first-order valence-electron chi connectivity index (χ1n) is 9.32. The van der Waals surface area contributed by atoms with Gasteiger partial charge >= 0.3 is 6.03 Å². The number of rotatable bonds is 4. The Morgan fingerprint density at radius 3 is 2.56 bits per heavy atom. The first-order valence-corrected chi connectivity index (χ1v) is 9.69. The smallest absolute Gasteiger partial charge is 0.318 e. The molecule has 1 aromatic rings. The third-order valence-corrected chi connectivity index (χ3v) is 5.43. The molecular formula is C19H28Cl2N4O2. The van der Waals surface area contributed by atoms with E-state index in [9.17, 15) is 9.59 Å². The second-order valence-electron chi connectivity index (χ2n) is 7.15. The topological polar surface area (TPSA) is 64.7 Å². The van der Waals surface area contributed by atoms with E-state index in [0.717, 1.165) is 44.3 Å². The molecule has 0 aliphatic carbocycles. The molecule has 0 aromatic heterocycles. The van der Waals surface area contributed by atoms with Gasteiger partial charge in [-0.15, -0.1) is 12.4 Å². The molecule has 3 rings (SSSR count). The van der Waals surface area contributed by atoms with E-state index in [1.807, 2.05) is 24.3 Å². The summed E-state index contributed by atoms with van der Waals surface area (Å²) in [6.07, 6.45) is 3.47. The minimum absolute atomic E-state index is 0. The third-order valence-electron chi connectivity index (χ3n) is 5.17. The van der Waals surface area contributed by atoms with Gasteiger partial charge in [0, 0.05) is 31.2 Å². The van der Waals surface area contributed by atoms with Crippen LogP contribution in [0.1, 0.15) is 31.2 Å². The van der Waals surface area contributed by atoms with Crippen molar-refractivity contribution in [3.8, 4) is 0 Å². The first kappa shape index (κ1) is 21.8. The molecule has 2 heterocycles. The first-order chi connectivity index (χ1) is 12.5. The van der Waals surface area contributed by atoms with Crippen molar-refractivity contribution in [3.05, 3.63) is 34.9 Å². The van der Waals surface area contributed by atoms with Crippen LogP contribution in [-0.2, 0) is 11.3 Å². The van der Waals surface area contributed by atoms with Crippen molar-refractivity contribution >= 4 is 35.9 Å². The van der Waals surface area contributed by atoms with Crippen LogP contribution in [0.3, 0.4) is 0 Å². The number of hydrogen-bond acceptors (Lipinski definition) is 3. The molecule has 0 radical (unpaired) electrons. The summed E-state index contributed by atoms with van der Waals surface area (Å²) in [5.74, 6) is -0.00193. The lowest BCUT2D eigenvalue weighted by Gasteiger charge is -2.31. The fraction of sp³-hybridized carbons (Fsp3) is 0.579. The van der Waals surface area contributed by atoms with Gasteiger partial charge in [-0.2, -0.15) is 0 Å². The lowest BCUT2D eigenvalue weighted by molar-refractivity contribution is -0.134. The van der Waals surface area contributed by atoms with Gasteiger partial charge < -0.3 is 20.4 Å². The number of benzene rings is 1. The van der Waals surface area contributed by atoms with Crippen molar-refractivity contribution in [3.63, 3.8) is 0 Å². The van der Waals surface area contributed by atoms with Crippen LogP contribution >= 0.6 is 24.0 Å². The number of likely N-dealkylation sites (tertiary alicyclic amines) is 1. The van der Waals surface area contributed by atoms with Crippen LogP contribution in [0.4, 0.5) is 4.79 Å². The number of nitrogens with one attached hydrogen (secondary N) is 2. The van der Waals surface area contributed by atoms with Crippen molar-refractivity contribution in [2.75, 3.05) is 26.7 Å². The predicted molar refractivity (Wildman–Crippen MR) is 109 cm³/mol. The van der Waals surface area contributed by atoms with Gasteiger partial charge in [0.2, 0.25) is 5.91 Å². The second kappa shape index (κ2) is 10.2. The Bertz CT molecular complexity index is 635. The van der Waals surface area contributed by atoms with Gasteiger partial charge in [0.05, 0.1) is 0 Å². The summed E-state index contributed by atoms with van der Waals surface area (Å²) in [7, 11) is 1.79. The maximum Gasteiger partial charge on any atom is 0.318 e. The SMILES string of the molecule is CN(Cc1ccc(Cl)cc1)C(=O)[C@H]1CCCN1C(=O)NC1CCNCC1.Cl. The summed E-state index contributed by atoms with van der Waals surface area (Å²) >= 11 is 5.91. The number of hydrogen-bond donors (Lipinski definition) is 2. The highest BCUT2D eigenvalue weighted by Gasteiger charge is 2.36. The quantitative estimate of drug-likeness (QED) is 0.795. The molecule has 2 aliphatic rings. The lowest BCUT2D eigenvalue weighted by atomic mass is 10.1. The van der Waals surface area contributed by atoms with E-state index < -0.39 is 0 Å². The minimum Gasteiger partial charge on any atom is -0.340 e. The highest BCUT2D eigenvalue weighted by Crippen LogP contribution is 2.21. The summed E-state index contributed by atoms with van der Waals surface area (Å²) in [6, 6.07) is 7.21. The van der Waals surface area contributed by atoms with Gasteiger partial charge in [-0.3, -0.25) is 4.79 Å². The van der Waals surface area contributed by atoms with Gasteiger partial charge in [-0.05, 0) is 56.5 Å². The van der Waals surface area contributed by atoms with E-state index in [4.69, 9.17) is 11.6 Å². The van der Waals surface area contributed by atoms with E-state index in [1.54, 1.807) is 16.8 Å². The Hall–Kier alpha value is -1.50. The van der Waals surface area contributed by atoms with Crippen LogP contribution in [-0.4, -0.2) is 60.5 Å². The number of urea groups is 1. The molecule has 1 aromatic carbocycles. The molecule has 2 fully saturated rings. The van der Waals surface area contributed by atoms with E-state index in [2.05, 4.69) is 10.6 Å². The Balaban J connectivity index is 0.00000261. The molecule has 2 saturated heterocycles. The molecule has 0 unspecified atom stereocenters. The van der Waals surface area contributed by atoms with E-state index in [0.29, 0.717) is 18.1 Å². The van der Waals surface area contributed by atoms with Crippen LogP contribution in [0.15, 0.2) is 24.3 Å². The van der Waals surface area contributed by atoms with Crippen LogP contribution in [0.2, 0.25) is 5.02 Å². The molecule has 6 nitrogen and oxygen atoms in total. The van der Waals surface area contributed by atoms with E-state index in [-0.39, 0.29) is 36.4 Å². The summed E-state index contributed by atoms with van der Waals surface area (Å²) < 4.78 is 0. The average Bonchev–Trinajstić information content (AvgIpc) is 3.13. The maximum atomic E-state index is 12.9. The number of halogens is 2. The Morgan fingerprint density at radius 1 is 1.22 bits per heavy atom. The zero-order valence-corrected chi connectivity index (χ0v) is 17.2. The predicted octanol–water partition coefficient (Wildman–Crippen LogP) is 2.65. The molecule has 0 saturated carbocycles. The van der Waals surface area contributed by atoms with Crippen LogP contribution < -0.4 is 10.6 Å². The van der Waals surface area contributed by atoms with Gasteiger partial charge in [0.15, 0.2) is 0 Å². The molecule has 0 bridgehead atoms. The summed E-state index contributed by atoms with van der Waals surface area (Å²) in [4.78, 5) is 29.0. The molecule has 3 amide bonds. The highest BCUT2D eigenvalue weighted by molar-refractivity contribution is 6.30. The van der Waals surface area contributed by atoms with Gasteiger partial charge in [-0.1, -0.05) is 23.7 Å². The molecule has 2 N–H and O–H groups in total. The van der Waals surface area contributed by atoms with Crippen LogP contribution in [0, 0.1) is 0 Å². The highest BCUT2D eigenvalue weighted by atomic mass is 35.5. The van der Waals surface area contributed by atoms with E-state index >= 15 is 0 Å². The number of carbonyl (C=O) groups is 2. The number of amides is 3. The normalized spacial score (nSPS) is 20.1. The van der Waals surface area contributed by atoms with Crippen molar-refractivity contribution in [1.29, 1.82) is 0 Å². The average molecular weight is 415 g/mol. The lowest BCUT2D eigenvalue weighted by Crippen LogP contribution is -2.53. The second-order valence-corrected chi connectivity index (χ2v) is 7.58. The largest absolute Gasteiger partial charge is 0.340 e. The monoisotopic (exact) mass is 414 g/mol. The van der Waals surface area contributed by atoms with E-state index in [1.165, 1.54) is 0 Å². The fourth-order valence-electron chi connectivity index (χ4n) is 3.69. The Morgan fingerprint density at radius 2 is 1.89 bits per heavy atom. The molecule has 2 aliphatic heterocycles. The minimum atomic E-state index is -0.367. The Kier molecular flexibility index (Phi) is 8.20. The van der Waals surface area contributed by atoms with Gasteiger partial charge in [-0.25, -0.2) is 4.79 Å². The Labute approximate surface area is 172 Å². The molecule has 27 heavy (non-hydrogen) atoms. The number of nitrogens with zero attached hydrogens (tertiary/aromatic N) is 2. The number of carbonyl (C=O) groups excluding carboxylic acids is 2. The zero-order valence-electron chi connectivity index (χ0n) is 15.6. The standard InChI is InChI=1S/C19H27ClN4O2.ClH/c1-23(13-14-4-6-15(20)7-5-14)18(25)17-3-2-12-24(17)19(26)22-16-8-10-21-11-9-16;/h4-7,16-17,21H,2-3,8-13H2,1H3,(H,22,26);1H/t17-;/m1./s1. The van der Waals surface area contributed by atoms with Crippen molar-refractivity contribution in [2.24, 2.45) is 0 Å². The molecule has 8 heteroatoms. The number of likely N-dealkylation sites (N-methyl/N-ethyl adjacent to an activating group) is 1. The van der Waals surface area contributed by atoms with Crippen molar-refractivity contribution < 1.29 is 9.59 Å². The van der Waals surface area contributed by atoms with Crippen LogP contribution in [0.25, 0.3) is 0 Å². The molecule has 1 atom stereocenters. The summed E-state index contributed by atoms with van der Waals surface area (Å²) in [6.45, 7) is 3.01. The molecular weight excluding hydrogens is 387 g/mol. The number of piperidine rings is 1. The van der Waals surface area contributed by atoms with Crippen molar-refractivity contribution in [2.45, 2.75) is 44.3 Å². The molecule has 0 spiro atoms. The summed E-state index contributed by atoms with van der Waals surface area (Å²) in [5.41, 5.74) is 1.02. The zero-order chi connectivity index (χ0) is 18.5. The molecule has 150 valence electrons. The van der Waals surface area contributed by atoms with Crippen molar-refractivity contribution in [1.82, 2.24) is 20.4 Å². The van der Waals surface area contributed by atoms with Gasteiger partial charge in [0.1, 0.15) is 6.04 Å².